The molecule has 1 saturated carbocycles. The number of benzene rings is 1. The van der Waals surface area contributed by atoms with Gasteiger partial charge in [-0.15, -0.1) is 11.3 Å². The van der Waals surface area contributed by atoms with Gasteiger partial charge in [0.2, 0.25) is 11.8 Å². The Kier molecular flexibility index (Phi) is 5.25. The highest BCUT2D eigenvalue weighted by molar-refractivity contribution is 8.01. The first kappa shape index (κ1) is 19.3. The van der Waals surface area contributed by atoms with Gasteiger partial charge in [-0.3, -0.25) is 9.59 Å². The van der Waals surface area contributed by atoms with Crippen molar-refractivity contribution in [1.29, 1.82) is 0 Å². The molecule has 152 valence electrons. The quantitative estimate of drug-likeness (QED) is 0.236. The highest BCUT2D eigenvalue weighted by atomic mass is 32.2. The molecule has 1 aromatic carbocycles. The van der Waals surface area contributed by atoms with Crippen LogP contribution >= 0.6 is 23.1 Å². The molecule has 2 heterocycles. The summed E-state index contributed by atoms with van der Waals surface area (Å²) in [5.74, 6) is 1.28. The minimum atomic E-state index is -0.145. The van der Waals surface area contributed by atoms with Crippen molar-refractivity contribution in [3.05, 3.63) is 30.4 Å². The van der Waals surface area contributed by atoms with Crippen molar-refractivity contribution in [3.8, 4) is 0 Å². The van der Waals surface area contributed by atoms with E-state index >= 15 is 0 Å². The van der Waals surface area contributed by atoms with Gasteiger partial charge in [0.1, 0.15) is 0 Å². The van der Waals surface area contributed by atoms with E-state index in [1.54, 1.807) is 11.3 Å². The van der Waals surface area contributed by atoms with E-state index in [1.165, 1.54) is 37.0 Å². The van der Waals surface area contributed by atoms with Gasteiger partial charge in [0.05, 0.1) is 27.7 Å². The van der Waals surface area contributed by atoms with Crippen LogP contribution in [0.15, 0.2) is 34.7 Å². The number of amides is 2. The van der Waals surface area contributed by atoms with E-state index in [2.05, 4.69) is 19.1 Å². The molecule has 2 fully saturated rings. The summed E-state index contributed by atoms with van der Waals surface area (Å²) in [7, 11) is 0. The summed E-state index contributed by atoms with van der Waals surface area (Å²) in [6.45, 7) is 2.24. The molecule has 2 amide bonds. The Bertz CT molecular complexity index is 952. The van der Waals surface area contributed by atoms with E-state index in [0.29, 0.717) is 5.69 Å². The van der Waals surface area contributed by atoms with Crippen LogP contribution in [-0.4, -0.2) is 22.6 Å². The molecule has 6 heteroatoms. The van der Waals surface area contributed by atoms with Gasteiger partial charge in [0.15, 0.2) is 4.34 Å². The Morgan fingerprint density at radius 2 is 1.79 bits per heavy atom. The van der Waals surface area contributed by atoms with Crippen molar-refractivity contribution in [2.75, 3.05) is 10.7 Å². The average Bonchev–Trinajstić information content (AvgIpc) is 3.47. The molecule has 2 bridgehead atoms. The largest absolute Gasteiger partial charge is 0.274 e. The molecule has 4 nitrogen and oxygen atoms in total. The maximum absolute atomic E-state index is 13.0. The molecular formula is C23H26N2O2S2. The number of hydrogen-bond donors (Lipinski definition) is 0. The molecule has 4 atom stereocenters. The summed E-state index contributed by atoms with van der Waals surface area (Å²) < 4.78 is 2.13. The third-order valence-electron chi connectivity index (χ3n) is 6.55. The zero-order chi connectivity index (χ0) is 20.0. The smallest absolute Gasteiger partial charge is 0.238 e. The number of imide groups is 1. The summed E-state index contributed by atoms with van der Waals surface area (Å²) in [6, 6.07) is 5.81. The molecule has 2 aliphatic carbocycles. The van der Waals surface area contributed by atoms with E-state index in [1.807, 2.05) is 30.0 Å². The number of carbonyl (C=O) groups is 2. The van der Waals surface area contributed by atoms with Crippen LogP contribution in [0.4, 0.5) is 5.69 Å². The number of unbranched alkanes of at least 4 members (excludes halogenated alkanes) is 4. The molecule has 5 rings (SSSR count). The van der Waals surface area contributed by atoms with Crippen molar-refractivity contribution >= 4 is 50.8 Å². The van der Waals surface area contributed by atoms with Crippen LogP contribution in [0.1, 0.15) is 45.4 Å². The molecule has 0 spiro atoms. The van der Waals surface area contributed by atoms with Gasteiger partial charge < -0.3 is 0 Å². The molecule has 3 aliphatic rings. The van der Waals surface area contributed by atoms with Crippen molar-refractivity contribution in [3.63, 3.8) is 0 Å². The lowest BCUT2D eigenvalue weighted by atomic mass is 9.85. The fourth-order valence-corrected chi connectivity index (χ4v) is 7.29. The van der Waals surface area contributed by atoms with Crippen LogP contribution in [0.25, 0.3) is 10.2 Å². The number of thiazole rings is 1. The third-order valence-corrected chi connectivity index (χ3v) is 8.80. The van der Waals surface area contributed by atoms with Gasteiger partial charge in [0, 0.05) is 5.75 Å². The Balaban J connectivity index is 1.29. The van der Waals surface area contributed by atoms with Gasteiger partial charge in [-0.2, -0.15) is 0 Å². The van der Waals surface area contributed by atoms with Crippen molar-refractivity contribution in [2.24, 2.45) is 23.7 Å². The normalized spacial score (nSPS) is 27.6. The molecule has 0 unspecified atom stereocenters. The number of fused-ring (bicyclic) bond motifs is 6. The molecule has 1 aliphatic heterocycles. The first-order valence-electron chi connectivity index (χ1n) is 10.8. The lowest BCUT2D eigenvalue weighted by Crippen LogP contribution is -2.32. The summed E-state index contributed by atoms with van der Waals surface area (Å²) in [5.41, 5.74) is 1.66. The van der Waals surface area contributed by atoms with Crippen LogP contribution in [0.3, 0.4) is 0 Å². The van der Waals surface area contributed by atoms with Crippen LogP contribution in [0, 0.1) is 23.7 Å². The number of aromatic nitrogens is 1. The highest BCUT2D eigenvalue weighted by Crippen LogP contribution is 2.53. The fraction of sp³-hybridized carbons (Fsp3) is 0.522. The van der Waals surface area contributed by atoms with E-state index in [4.69, 9.17) is 4.98 Å². The van der Waals surface area contributed by atoms with E-state index < -0.39 is 0 Å². The Labute approximate surface area is 179 Å². The molecule has 0 N–H and O–H groups in total. The highest BCUT2D eigenvalue weighted by Gasteiger charge is 2.59. The van der Waals surface area contributed by atoms with E-state index in [0.717, 1.165) is 26.7 Å². The number of anilines is 1. The first-order valence-corrected chi connectivity index (χ1v) is 12.6. The minimum absolute atomic E-state index is 0.0117. The summed E-state index contributed by atoms with van der Waals surface area (Å²) in [5, 5.41) is 0. The van der Waals surface area contributed by atoms with Gasteiger partial charge in [-0.1, -0.05) is 56.5 Å². The average molecular weight is 427 g/mol. The second kappa shape index (κ2) is 7.88. The maximum Gasteiger partial charge on any atom is 0.238 e. The van der Waals surface area contributed by atoms with Gasteiger partial charge in [-0.05, 0) is 42.9 Å². The zero-order valence-corrected chi connectivity index (χ0v) is 18.3. The Morgan fingerprint density at radius 1 is 1.07 bits per heavy atom. The van der Waals surface area contributed by atoms with Crippen molar-refractivity contribution in [2.45, 2.75) is 49.8 Å². The number of rotatable bonds is 8. The predicted octanol–water partition coefficient (Wildman–Crippen LogP) is 5.67. The number of allylic oxidation sites excluding steroid dienone is 2. The predicted molar refractivity (Wildman–Crippen MR) is 119 cm³/mol. The van der Waals surface area contributed by atoms with E-state index in [9.17, 15) is 9.59 Å². The molecule has 29 heavy (non-hydrogen) atoms. The second-order valence-electron chi connectivity index (χ2n) is 8.41. The van der Waals surface area contributed by atoms with Gasteiger partial charge in [-0.25, -0.2) is 9.88 Å². The number of hydrogen-bond acceptors (Lipinski definition) is 5. The monoisotopic (exact) mass is 426 g/mol. The minimum Gasteiger partial charge on any atom is -0.274 e. The van der Waals surface area contributed by atoms with Gasteiger partial charge >= 0.3 is 0 Å². The Morgan fingerprint density at radius 3 is 2.52 bits per heavy atom. The van der Waals surface area contributed by atoms with Crippen LogP contribution < -0.4 is 4.90 Å². The summed E-state index contributed by atoms with van der Waals surface area (Å²) in [6.07, 6.45) is 11.7. The Hall–Kier alpha value is -1.66. The number of carbonyl (C=O) groups excluding carboxylic acids is 2. The van der Waals surface area contributed by atoms with Gasteiger partial charge in [0.25, 0.3) is 0 Å². The summed E-state index contributed by atoms with van der Waals surface area (Å²) >= 11 is 3.48. The van der Waals surface area contributed by atoms with Crippen molar-refractivity contribution in [1.82, 2.24) is 4.98 Å². The van der Waals surface area contributed by atoms with E-state index in [-0.39, 0.29) is 35.5 Å². The number of nitrogens with zero attached hydrogens (tertiary/aromatic N) is 2. The fourth-order valence-electron chi connectivity index (χ4n) is 5.11. The molecule has 1 saturated heterocycles. The lowest BCUT2D eigenvalue weighted by molar-refractivity contribution is -0.123. The lowest BCUT2D eigenvalue weighted by Gasteiger charge is -2.17. The first-order chi connectivity index (χ1) is 14.2. The second-order valence-corrected chi connectivity index (χ2v) is 10.8. The van der Waals surface area contributed by atoms with Crippen LogP contribution in [0.5, 0.6) is 0 Å². The number of thioether (sulfide) groups is 1. The molecule has 2 aromatic rings. The standard InChI is InChI=1S/C23H26N2O2S2/c1-2-3-4-5-6-11-28-23-24-17-10-9-16(13-18(17)29-23)25-21(26)19-14-7-8-15(12-14)20(19)22(25)27/h7-10,13-15,19-20H,2-6,11-12H2,1H3/t14-,15-,19-,20+/m0/s1. The maximum atomic E-state index is 13.0. The molecule has 0 radical (unpaired) electrons. The molecular weight excluding hydrogens is 400 g/mol. The zero-order valence-electron chi connectivity index (χ0n) is 16.7. The SMILES string of the molecule is CCCCCCCSc1nc2ccc(N3C(=O)[C@@H]4[C@H](C3=O)[C@H]3C=C[C@H]4C3)cc2s1. The third kappa shape index (κ3) is 3.34. The van der Waals surface area contributed by atoms with Crippen LogP contribution in [0.2, 0.25) is 0 Å². The summed E-state index contributed by atoms with van der Waals surface area (Å²) in [4.78, 5) is 32.2. The van der Waals surface area contributed by atoms with Crippen molar-refractivity contribution < 1.29 is 9.59 Å². The topological polar surface area (TPSA) is 50.3 Å². The molecule has 1 aromatic heterocycles. The van der Waals surface area contributed by atoms with Crippen LogP contribution in [-0.2, 0) is 9.59 Å².